The molecule has 359 valence electrons. The van der Waals surface area contributed by atoms with Crippen LogP contribution >= 0.6 is 15.9 Å². The van der Waals surface area contributed by atoms with Gasteiger partial charge >= 0.3 is 19.1 Å². The van der Waals surface area contributed by atoms with Crippen molar-refractivity contribution in [2.45, 2.75) is 60.0 Å². The third-order valence-corrected chi connectivity index (χ3v) is 12.0. The normalized spacial score (nSPS) is 10.7. The number of hydrogen-bond donors (Lipinski definition) is 1. The minimum Gasteiger partial charge on any atom is -0.536 e. The topological polar surface area (TPSA) is 134 Å². The van der Waals surface area contributed by atoms with Gasteiger partial charge in [-0.2, -0.15) is 0 Å². The molecule has 0 fully saturated rings. The molecule has 10 rings (SSSR count). The van der Waals surface area contributed by atoms with Crippen LogP contribution in [0.3, 0.4) is 0 Å². The first-order valence-corrected chi connectivity index (χ1v) is 23.3. The Bertz CT molecular complexity index is 3460. The quantitative estimate of drug-likeness (QED) is 0.113. The van der Waals surface area contributed by atoms with Crippen molar-refractivity contribution in [3.05, 3.63) is 230 Å². The highest BCUT2D eigenvalue weighted by atomic mass is 79.9. The molecule has 1 N–H and O–H groups in total. The molecule has 0 atom stereocenters. The van der Waals surface area contributed by atoms with Gasteiger partial charge in [0.15, 0.2) is 11.3 Å². The molecule has 0 aliphatic carbocycles. The van der Waals surface area contributed by atoms with Crippen LogP contribution in [0.15, 0.2) is 185 Å². The Morgan fingerprint density at radius 1 is 0.592 bits per heavy atom. The summed E-state index contributed by atoms with van der Waals surface area (Å²) >= 11 is 3.20. The lowest BCUT2D eigenvalue weighted by atomic mass is 10.0. The Morgan fingerprint density at radius 2 is 1.08 bits per heavy atom. The molecule has 12 nitrogen and oxygen atoms in total. The summed E-state index contributed by atoms with van der Waals surface area (Å²) in [4.78, 5) is 33.4. The summed E-state index contributed by atoms with van der Waals surface area (Å²) < 4.78 is 38.8. The van der Waals surface area contributed by atoms with Crippen molar-refractivity contribution >= 4 is 34.9 Å². The van der Waals surface area contributed by atoms with E-state index in [4.69, 9.17) is 5.02 Å². The van der Waals surface area contributed by atoms with Gasteiger partial charge in [0.25, 0.3) is 0 Å². The fourth-order valence-electron chi connectivity index (χ4n) is 7.67. The summed E-state index contributed by atoms with van der Waals surface area (Å²) in [5.74, 6) is -0.0163. The summed E-state index contributed by atoms with van der Waals surface area (Å²) in [6.45, 7) is 5.09. The van der Waals surface area contributed by atoms with E-state index in [1.54, 1.807) is 63.8 Å². The van der Waals surface area contributed by atoms with Crippen molar-refractivity contribution < 1.29 is 18.5 Å². The van der Waals surface area contributed by atoms with E-state index in [1.807, 2.05) is 74.8 Å². The van der Waals surface area contributed by atoms with E-state index in [0.717, 1.165) is 51.8 Å². The second-order valence-corrected chi connectivity index (χ2v) is 17.3. The Morgan fingerprint density at radius 3 is 1.56 bits per heavy atom. The number of aryl methyl sites for hydroxylation is 6. The fourth-order valence-corrected chi connectivity index (χ4v) is 8.10. The molecule has 4 aromatic carbocycles. The summed E-state index contributed by atoms with van der Waals surface area (Å²) in [5, 5.41) is 17.0. The first kappa shape index (κ1) is 51.0. The molecule has 0 saturated heterocycles. The van der Waals surface area contributed by atoms with Crippen LogP contribution in [-0.2, 0) is 25.9 Å². The standard InChI is InChI=1S/C27H23FN4O.C22H19BrFN3O.C5H5BNO2.CH4/c1-19-6-9-21(10-7-19)23-11-13-26-30-32(27(33)31(26)18-23)15-3-4-20-8-12-25(28)24(16-20)22-5-2-14-29-17-22;1-15-4-7-17(8-5-15)18-9-11-21-25-27(22(28)26(21)14-18)12-2-3-16-6-10-20(24)19(23)13-16;8-6-9-5-2-1-3-7-4-5;/h2,5-14,16-18H,3-4,15H2,1H3;4-11,13-14H,2-3,12H2,1H3;1-4,8H;1H4. The van der Waals surface area contributed by atoms with E-state index < -0.39 is 0 Å². The highest BCUT2D eigenvalue weighted by molar-refractivity contribution is 9.10. The number of aromatic nitrogens is 8. The van der Waals surface area contributed by atoms with Gasteiger partial charge in [-0.05, 0) is 156 Å². The summed E-state index contributed by atoms with van der Waals surface area (Å²) in [6, 6.07) is 41.3. The van der Waals surface area contributed by atoms with Crippen molar-refractivity contribution in [1.29, 1.82) is 0 Å². The number of rotatable bonds is 13. The zero-order valence-corrected chi connectivity index (χ0v) is 40.0. The van der Waals surface area contributed by atoms with Gasteiger partial charge in [-0.3, -0.25) is 9.97 Å². The Balaban J connectivity index is 0.000000177. The Hall–Kier alpha value is -7.82. The highest BCUT2D eigenvalue weighted by Gasteiger charge is 2.12. The predicted molar refractivity (Wildman–Crippen MR) is 279 cm³/mol. The number of fused-ring (bicyclic) bond motifs is 2. The van der Waals surface area contributed by atoms with Crippen LogP contribution in [0.2, 0.25) is 0 Å². The van der Waals surface area contributed by atoms with Crippen LogP contribution in [0.4, 0.5) is 8.78 Å². The molecule has 1 radical (unpaired) electrons. The number of benzene rings is 4. The average molecular weight is 1020 g/mol. The Labute approximate surface area is 419 Å². The van der Waals surface area contributed by atoms with E-state index in [2.05, 4.69) is 77.1 Å². The average Bonchev–Trinajstić information content (AvgIpc) is 3.87. The first-order chi connectivity index (χ1) is 34.0. The minimum atomic E-state index is -0.273. The molecular weight excluding hydrogens is 965 g/mol. The van der Waals surface area contributed by atoms with Crippen molar-refractivity contribution in [2.24, 2.45) is 0 Å². The van der Waals surface area contributed by atoms with Gasteiger partial charge in [-0.1, -0.05) is 85.3 Å². The summed E-state index contributed by atoms with van der Waals surface area (Å²) in [5.41, 5.74) is 10.7. The third kappa shape index (κ3) is 13.1. The Kier molecular flexibility index (Phi) is 17.4. The lowest BCUT2D eigenvalue weighted by molar-refractivity contribution is 0.452. The summed E-state index contributed by atoms with van der Waals surface area (Å²) in [6.07, 6.45) is 13.0. The number of halogens is 3. The molecule has 0 unspecified atom stereocenters. The zero-order chi connectivity index (χ0) is 49.0. The molecule has 16 heteroatoms. The van der Waals surface area contributed by atoms with E-state index in [9.17, 15) is 18.4 Å². The van der Waals surface area contributed by atoms with E-state index in [-0.39, 0.29) is 30.4 Å². The molecule has 10 aromatic rings. The molecule has 0 amide bonds. The van der Waals surface area contributed by atoms with Gasteiger partial charge in [-0.15, -0.1) is 10.2 Å². The third-order valence-electron chi connectivity index (χ3n) is 11.4. The van der Waals surface area contributed by atoms with Crippen molar-refractivity contribution in [1.82, 2.24) is 38.3 Å². The molecule has 71 heavy (non-hydrogen) atoms. The molecular formula is C55H51BBrF2N8O4. The molecule has 0 bridgehead atoms. The lowest BCUT2D eigenvalue weighted by Gasteiger charge is -2.07. The monoisotopic (exact) mass is 1020 g/mol. The van der Waals surface area contributed by atoms with Crippen LogP contribution in [0.1, 0.15) is 42.5 Å². The van der Waals surface area contributed by atoms with Crippen LogP contribution in [0, 0.1) is 25.5 Å². The van der Waals surface area contributed by atoms with Gasteiger partial charge in [-0.25, -0.2) is 36.5 Å². The van der Waals surface area contributed by atoms with E-state index >= 15 is 0 Å². The van der Waals surface area contributed by atoms with Crippen LogP contribution < -0.4 is 16.0 Å². The van der Waals surface area contributed by atoms with E-state index in [1.165, 1.54) is 38.8 Å². The molecule has 0 spiro atoms. The van der Waals surface area contributed by atoms with Gasteiger partial charge in [0.1, 0.15) is 17.4 Å². The summed E-state index contributed by atoms with van der Waals surface area (Å²) in [7, 11) is 0.622. The molecule has 6 heterocycles. The number of pyridine rings is 4. The smallest absolute Gasteiger partial charge is 0.536 e. The van der Waals surface area contributed by atoms with Crippen LogP contribution in [0.25, 0.3) is 44.7 Å². The van der Waals surface area contributed by atoms with Gasteiger partial charge in [0, 0.05) is 55.2 Å². The second kappa shape index (κ2) is 24.1. The van der Waals surface area contributed by atoms with Crippen molar-refractivity contribution in [2.75, 3.05) is 0 Å². The largest absolute Gasteiger partial charge is 0.569 e. The van der Waals surface area contributed by atoms with Gasteiger partial charge < -0.3 is 9.68 Å². The van der Waals surface area contributed by atoms with Crippen molar-refractivity contribution in [3.8, 4) is 39.1 Å². The first-order valence-electron chi connectivity index (χ1n) is 22.5. The van der Waals surface area contributed by atoms with Crippen molar-refractivity contribution in [3.63, 3.8) is 0 Å². The molecule has 0 aliphatic rings. The SMILES string of the molecule is C.Cc1ccc(-c2ccc3nn(CCCc4ccc(F)c(-c5cccnc5)c4)c(=O)n3c2)cc1.Cc1ccc(-c2ccc3nn(CCCc4ccc(F)c(Br)c4)c(=O)n3c2)cc1.O[B]Oc1cccnc1. The maximum Gasteiger partial charge on any atom is 0.569 e. The zero-order valence-electron chi connectivity index (χ0n) is 38.4. The molecule has 0 aliphatic heterocycles. The molecule has 6 aromatic heterocycles. The molecule has 0 saturated carbocycles. The highest BCUT2D eigenvalue weighted by Crippen LogP contribution is 2.25. The number of hydrogen-bond acceptors (Lipinski definition) is 8. The van der Waals surface area contributed by atoms with Gasteiger partial charge in [0.2, 0.25) is 0 Å². The minimum absolute atomic E-state index is 0. The van der Waals surface area contributed by atoms with Crippen LogP contribution in [0.5, 0.6) is 5.75 Å². The van der Waals surface area contributed by atoms with Gasteiger partial charge in [0.05, 0.1) is 10.7 Å². The fraction of sp³-hybridized carbons (Fsp3) is 0.164. The number of nitrogens with zero attached hydrogens (tertiary/aromatic N) is 8. The second-order valence-electron chi connectivity index (χ2n) is 16.5. The lowest BCUT2D eigenvalue weighted by Crippen LogP contribution is -2.21. The predicted octanol–water partition coefficient (Wildman–Crippen LogP) is 10.9. The maximum atomic E-state index is 14.3. The van der Waals surface area contributed by atoms with Crippen LogP contribution in [-0.4, -0.2) is 51.0 Å². The van der Waals surface area contributed by atoms with E-state index in [0.29, 0.717) is 60.7 Å². The maximum absolute atomic E-state index is 14.3.